The summed E-state index contributed by atoms with van der Waals surface area (Å²) in [7, 11) is -2.70. The number of hydrogen-bond acceptors (Lipinski definition) is 3. The maximum atomic E-state index is 10.6. The molecule has 0 aromatic carbocycles. The second-order valence-electron chi connectivity index (χ2n) is 2.01. The van der Waals surface area contributed by atoms with Crippen LogP contribution in [0.15, 0.2) is 0 Å². The fraction of sp³-hybridized carbons (Fsp3) is 1.00. The Morgan fingerprint density at radius 3 is 2.25 bits per heavy atom. The second kappa shape index (κ2) is 1.70. The lowest BCUT2D eigenvalue weighted by Gasteiger charge is -2.23. The molecular formula is C4H9NO2S. The summed E-state index contributed by atoms with van der Waals surface area (Å²) < 4.78 is 21.1. The van der Waals surface area contributed by atoms with Crippen molar-refractivity contribution < 1.29 is 8.42 Å². The van der Waals surface area contributed by atoms with Crippen LogP contribution in [0.3, 0.4) is 0 Å². The lowest BCUT2D eigenvalue weighted by molar-refractivity contribution is 0.549. The molecule has 8 heavy (non-hydrogen) atoms. The summed E-state index contributed by atoms with van der Waals surface area (Å²) in [4.78, 5) is 0. The summed E-state index contributed by atoms with van der Waals surface area (Å²) >= 11 is 0. The van der Waals surface area contributed by atoms with Crippen molar-refractivity contribution in [1.29, 1.82) is 0 Å². The van der Waals surface area contributed by atoms with E-state index in [1.807, 2.05) is 0 Å². The highest BCUT2D eigenvalue weighted by Crippen LogP contribution is 2.18. The van der Waals surface area contributed by atoms with Gasteiger partial charge in [-0.05, 0) is 6.42 Å². The minimum absolute atomic E-state index is 0.220. The summed E-state index contributed by atoms with van der Waals surface area (Å²) in [5.41, 5.74) is 5.13. The van der Waals surface area contributed by atoms with Crippen molar-refractivity contribution in [1.82, 2.24) is 0 Å². The molecule has 0 unspecified atom stereocenters. The molecule has 1 aliphatic heterocycles. The first kappa shape index (κ1) is 6.04. The van der Waals surface area contributed by atoms with Crippen molar-refractivity contribution in [2.45, 2.75) is 11.7 Å². The van der Waals surface area contributed by atoms with Gasteiger partial charge in [-0.15, -0.1) is 0 Å². The van der Waals surface area contributed by atoms with Gasteiger partial charge in [-0.3, -0.25) is 0 Å². The molecule has 48 valence electrons. The van der Waals surface area contributed by atoms with E-state index in [0.29, 0.717) is 12.3 Å². The highest BCUT2D eigenvalue weighted by Gasteiger charge is 2.33. The van der Waals surface area contributed by atoms with Gasteiger partial charge in [-0.2, -0.15) is 0 Å². The van der Waals surface area contributed by atoms with Crippen LogP contribution < -0.4 is 5.73 Å². The van der Waals surface area contributed by atoms with Gasteiger partial charge in [0.2, 0.25) is 0 Å². The molecule has 1 fully saturated rings. The first-order valence-electron chi connectivity index (χ1n) is 2.58. The topological polar surface area (TPSA) is 60.2 Å². The van der Waals surface area contributed by atoms with Crippen LogP contribution in [0.2, 0.25) is 0 Å². The van der Waals surface area contributed by atoms with Gasteiger partial charge in [0.15, 0.2) is 9.84 Å². The average molecular weight is 135 g/mol. The average Bonchev–Trinajstić information content (AvgIpc) is 1.66. The van der Waals surface area contributed by atoms with Gasteiger partial charge in [-0.25, -0.2) is 8.42 Å². The number of sulfone groups is 1. The fourth-order valence-electron chi connectivity index (χ4n) is 0.741. The van der Waals surface area contributed by atoms with Gasteiger partial charge >= 0.3 is 0 Å². The molecule has 0 saturated carbocycles. The third kappa shape index (κ3) is 0.736. The molecule has 0 aromatic rings. The molecule has 3 nitrogen and oxygen atoms in total. The van der Waals surface area contributed by atoms with E-state index in [1.54, 1.807) is 0 Å². The Morgan fingerprint density at radius 2 is 2.25 bits per heavy atom. The minimum atomic E-state index is -2.70. The summed E-state index contributed by atoms with van der Waals surface area (Å²) in [5, 5.41) is -0.220. The van der Waals surface area contributed by atoms with Gasteiger partial charge in [0.1, 0.15) is 0 Å². The zero-order valence-corrected chi connectivity index (χ0v) is 5.32. The molecule has 0 spiro atoms. The molecule has 1 atom stereocenters. The highest BCUT2D eigenvalue weighted by atomic mass is 32.2. The fourth-order valence-corrected chi connectivity index (χ4v) is 1.99. The quantitative estimate of drug-likeness (QED) is 0.508. The van der Waals surface area contributed by atoms with E-state index >= 15 is 0 Å². The van der Waals surface area contributed by atoms with Crippen LogP contribution in [-0.2, 0) is 9.84 Å². The number of hydrogen-bond donors (Lipinski definition) is 1. The van der Waals surface area contributed by atoms with Gasteiger partial charge < -0.3 is 5.73 Å². The van der Waals surface area contributed by atoms with Crippen LogP contribution in [-0.4, -0.2) is 26.0 Å². The summed E-state index contributed by atoms with van der Waals surface area (Å²) in [6.07, 6.45) is 0.763. The van der Waals surface area contributed by atoms with Crippen molar-refractivity contribution in [3.63, 3.8) is 0 Å². The first-order valence-corrected chi connectivity index (χ1v) is 4.30. The van der Waals surface area contributed by atoms with Crippen LogP contribution in [0.25, 0.3) is 0 Å². The predicted octanol–water partition coefficient (Wildman–Crippen LogP) is -0.868. The molecule has 1 rings (SSSR count). The molecule has 0 aliphatic carbocycles. The van der Waals surface area contributed by atoms with Crippen LogP contribution in [0.5, 0.6) is 0 Å². The Morgan fingerprint density at radius 1 is 1.62 bits per heavy atom. The lowest BCUT2D eigenvalue weighted by atomic mass is 10.3. The molecule has 1 aliphatic rings. The van der Waals surface area contributed by atoms with Crippen molar-refractivity contribution in [2.75, 3.05) is 12.3 Å². The first-order chi connectivity index (χ1) is 3.67. The zero-order valence-electron chi connectivity index (χ0n) is 4.50. The molecule has 0 bridgehead atoms. The van der Waals surface area contributed by atoms with E-state index in [2.05, 4.69) is 0 Å². The van der Waals surface area contributed by atoms with Crippen LogP contribution >= 0.6 is 0 Å². The smallest absolute Gasteiger partial charge is 0.154 e. The second-order valence-corrected chi connectivity index (χ2v) is 4.41. The molecule has 0 amide bonds. The Kier molecular flexibility index (Phi) is 1.28. The van der Waals surface area contributed by atoms with E-state index in [4.69, 9.17) is 5.73 Å². The Balaban J connectivity index is 2.64. The van der Waals surface area contributed by atoms with Crippen LogP contribution in [0.4, 0.5) is 0 Å². The largest absolute Gasteiger partial charge is 0.329 e. The third-order valence-corrected chi connectivity index (χ3v) is 3.74. The number of nitrogens with two attached hydrogens (primary N) is 1. The standard InChI is InChI=1S/C4H9NO2S/c5-3-4-1-2-8(4,6)7/h4H,1-3,5H2/t4-/m0/s1. The maximum absolute atomic E-state index is 10.6. The monoisotopic (exact) mass is 135 g/mol. The molecule has 0 aromatic heterocycles. The Bertz CT molecular complexity index is 170. The summed E-state index contributed by atoms with van der Waals surface area (Å²) in [5.74, 6) is 0.342. The van der Waals surface area contributed by atoms with E-state index < -0.39 is 9.84 Å². The van der Waals surface area contributed by atoms with E-state index in [1.165, 1.54) is 0 Å². The summed E-state index contributed by atoms with van der Waals surface area (Å²) in [6.45, 7) is 0.294. The molecule has 2 N–H and O–H groups in total. The third-order valence-electron chi connectivity index (χ3n) is 1.50. The lowest BCUT2D eigenvalue weighted by Crippen LogP contribution is -2.41. The summed E-state index contributed by atoms with van der Waals surface area (Å²) in [6, 6.07) is 0. The van der Waals surface area contributed by atoms with Crippen LogP contribution in [0, 0.1) is 0 Å². The Hall–Kier alpha value is -0.0900. The normalized spacial score (nSPS) is 33.9. The minimum Gasteiger partial charge on any atom is -0.329 e. The predicted molar refractivity (Wildman–Crippen MR) is 31.2 cm³/mol. The van der Waals surface area contributed by atoms with Crippen molar-refractivity contribution >= 4 is 9.84 Å². The van der Waals surface area contributed by atoms with Gasteiger partial charge in [0.25, 0.3) is 0 Å². The maximum Gasteiger partial charge on any atom is 0.154 e. The van der Waals surface area contributed by atoms with E-state index in [0.717, 1.165) is 6.42 Å². The molecular weight excluding hydrogens is 126 g/mol. The van der Waals surface area contributed by atoms with Gasteiger partial charge in [0, 0.05) is 6.54 Å². The molecule has 0 radical (unpaired) electrons. The van der Waals surface area contributed by atoms with Crippen molar-refractivity contribution in [2.24, 2.45) is 5.73 Å². The van der Waals surface area contributed by atoms with Crippen LogP contribution in [0.1, 0.15) is 6.42 Å². The molecule has 4 heteroatoms. The molecule has 1 heterocycles. The van der Waals surface area contributed by atoms with Gasteiger partial charge in [-0.1, -0.05) is 0 Å². The van der Waals surface area contributed by atoms with E-state index in [-0.39, 0.29) is 5.25 Å². The zero-order chi connectivity index (χ0) is 6.20. The van der Waals surface area contributed by atoms with Gasteiger partial charge in [0.05, 0.1) is 11.0 Å². The van der Waals surface area contributed by atoms with Crippen molar-refractivity contribution in [3.05, 3.63) is 0 Å². The SMILES string of the molecule is NC[C@@H]1CCS1(=O)=O. The number of rotatable bonds is 1. The van der Waals surface area contributed by atoms with Crippen molar-refractivity contribution in [3.8, 4) is 0 Å². The Labute approximate surface area is 48.8 Å². The highest BCUT2D eigenvalue weighted by molar-refractivity contribution is 7.93. The molecule has 1 saturated heterocycles. The van der Waals surface area contributed by atoms with E-state index in [9.17, 15) is 8.42 Å².